The van der Waals surface area contributed by atoms with Gasteiger partial charge < -0.3 is 14.6 Å². The molecule has 0 fully saturated rings. The topological polar surface area (TPSA) is 72.8 Å². The van der Waals surface area contributed by atoms with Gasteiger partial charge in [-0.1, -0.05) is 36.8 Å². The van der Waals surface area contributed by atoms with Gasteiger partial charge in [-0.25, -0.2) is 4.79 Å². The third-order valence-corrected chi connectivity index (χ3v) is 4.33. The highest BCUT2D eigenvalue weighted by molar-refractivity contribution is 6.63. The van der Waals surface area contributed by atoms with Crippen LogP contribution in [0.15, 0.2) is 48.5 Å². The van der Waals surface area contributed by atoms with Crippen molar-refractivity contribution in [3.8, 4) is 5.75 Å². The van der Waals surface area contributed by atoms with E-state index in [4.69, 9.17) is 26.2 Å². The first-order valence-electron chi connectivity index (χ1n) is 9.36. The minimum absolute atomic E-state index is 0.0583. The molecule has 0 aromatic heterocycles. The summed E-state index contributed by atoms with van der Waals surface area (Å²) < 4.78 is 10.6. The SMILES string of the molecule is O=C(Cl)COCCCCCc1ccccc1C(=O)Oc1ccc(CCO)cc1. The molecule has 2 rings (SSSR count). The predicted octanol–water partition coefficient (Wildman–Crippen LogP) is 3.94. The molecule has 0 amide bonds. The third kappa shape index (κ3) is 7.80. The first kappa shape index (κ1) is 22.1. The fourth-order valence-corrected chi connectivity index (χ4v) is 2.88. The lowest BCUT2D eigenvalue weighted by Gasteiger charge is -2.10. The molecular formula is C22H25ClO5. The van der Waals surface area contributed by atoms with Crippen molar-refractivity contribution in [1.82, 2.24) is 0 Å². The van der Waals surface area contributed by atoms with Crippen LogP contribution in [-0.2, 0) is 22.4 Å². The van der Waals surface area contributed by atoms with Crippen LogP contribution in [0.4, 0.5) is 0 Å². The summed E-state index contributed by atoms with van der Waals surface area (Å²) in [6.45, 7) is 0.523. The van der Waals surface area contributed by atoms with E-state index in [9.17, 15) is 9.59 Å². The summed E-state index contributed by atoms with van der Waals surface area (Å²) in [4.78, 5) is 23.1. The van der Waals surface area contributed by atoms with Gasteiger partial charge in [-0.15, -0.1) is 0 Å². The van der Waals surface area contributed by atoms with Crippen LogP contribution in [0.5, 0.6) is 5.75 Å². The van der Waals surface area contributed by atoms with Crippen molar-refractivity contribution in [3.63, 3.8) is 0 Å². The highest BCUT2D eigenvalue weighted by Crippen LogP contribution is 2.18. The van der Waals surface area contributed by atoms with Crippen LogP contribution in [0, 0.1) is 0 Å². The number of aliphatic hydroxyl groups is 1. The molecule has 0 aliphatic carbocycles. The highest BCUT2D eigenvalue weighted by Gasteiger charge is 2.13. The Kier molecular flexibility index (Phi) is 9.69. The average Bonchev–Trinajstić information content (AvgIpc) is 2.69. The van der Waals surface area contributed by atoms with E-state index >= 15 is 0 Å². The molecule has 0 aliphatic heterocycles. The summed E-state index contributed by atoms with van der Waals surface area (Å²) >= 11 is 5.21. The first-order chi connectivity index (χ1) is 13.6. The number of carbonyl (C=O) groups is 2. The largest absolute Gasteiger partial charge is 0.423 e. The molecule has 150 valence electrons. The van der Waals surface area contributed by atoms with Gasteiger partial charge in [0.2, 0.25) is 5.24 Å². The Hall–Kier alpha value is -2.21. The molecule has 1 N–H and O–H groups in total. The lowest BCUT2D eigenvalue weighted by atomic mass is 10.0. The van der Waals surface area contributed by atoms with Crippen molar-refractivity contribution in [2.45, 2.75) is 32.1 Å². The van der Waals surface area contributed by atoms with Crippen LogP contribution in [0.2, 0.25) is 0 Å². The molecular weight excluding hydrogens is 380 g/mol. The number of esters is 1. The van der Waals surface area contributed by atoms with Crippen LogP contribution in [0.3, 0.4) is 0 Å². The van der Waals surface area contributed by atoms with Crippen LogP contribution < -0.4 is 4.74 Å². The maximum atomic E-state index is 12.6. The van der Waals surface area contributed by atoms with E-state index in [1.54, 1.807) is 18.2 Å². The van der Waals surface area contributed by atoms with Gasteiger partial charge in [0.15, 0.2) is 0 Å². The van der Waals surface area contributed by atoms with Gasteiger partial charge in [0.25, 0.3) is 0 Å². The number of aliphatic hydroxyl groups excluding tert-OH is 1. The van der Waals surface area contributed by atoms with Crippen molar-refractivity contribution in [1.29, 1.82) is 0 Å². The number of rotatable bonds is 12. The summed E-state index contributed by atoms with van der Waals surface area (Å²) in [6.07, 6.45) is 3.99. The number of carbonyl (C=O) groups excluding carboxylic acids is 2. The summed E-state index contributed by atoms with van der Waals surface area (Å²) in [5, 5.41) is 8.47. The summed E-state index contributed by atoms with van der Waals surface area (Å²) in [5.74, 6) is 0.0990. The summed E-state index contributed by atoms with van der Waals surface area (Å²) in [7, 11) is 0. The van der Waals surface area contributed by atoms with Crippen molar-refractivity contribution in [3.05, 3.63) is 65.2 Å². The lowest BCUT2D eigenvalue weighted by Crippen LogP contribution is -2.11. The van der Waals surface area contributed by atoms with Crippen molar-refractivity contribution in [2.24, 2.45) is 0 Å². The maximum absolute atomic E-state index is 12.6. The minimum Gasteiger partial charge on any atom is -0.423 e. The van der Waals surface area contributed by atoms with E-state index in [0.29, 0.717) is 24.3 Å². The smallest absolute Gasteiger partial charge is 0.343 e. The second-order valence-corrected chi connectivity index (χ2v) is 6.80. The van der Waals surface area contributed by atoms with Gasteiger partial charge in [0.1, 0.15) is 12.4 Å². The molecule has 0 atom stereocenters. The Labute approximate surface area is 170 Å². The zero-order valence-corrected chi connectivity index (χ0v) is 16.5. The van der Waals surface area contributed by atoms with E-state index in [1.807, 2.05) is 30.3 Å². The van der Waals surface area contributed by atoms with Crippen LogP contribution in [0.1, 0.15) is 40.7 Å². The second kappa shape index (κ2) is 12.3. The Morgan fingerprint density at radius 1 is 0.929 bits per heavy atom. The van der Waals surface area contributed by atoms with Gasteiger partial charge in [-0.05, 0) is 66.6 Å². The van der Waals surface area contributed by atoms with E-state index in [-0.39, 0.29) is 19.2 Å². The van der Waals surface area contributed by atoms with E-state index in [2.05, 4.69) is 0 Å². The van der Waals surface area contributed by atoms with Crippen LogP contribution in [0.25, 0.3) is 0 Å². The van der Waals surface area contributed by atoms with Crippen LogP contribution in [-0.4, -0.2) is 36.1 Å². The zero-order chi connectivity index (χ0) is 20.2. The fraction of sp³-hybridized carbons (Fsp3) is 0.364. The average molecular weight is 405 g/mol. The number of aryl methyl sites for hydroxylation is 1. The van der Waals surface area contributed by atoms with Gasteiger partial charge in [-0.3, -0.25) is 4.79 Å². The molecule has 0 saturated carbocycles. The van der Waals surface area contributed by atoms with E-state index in [0.717, 1.165) is 36.8 Å². The molecule has 6 heteroatoms. The van der Waals surface area contributed by atoms with Gasteiger partial charge in [0, 0.05) is 13.2 Å². The highest BCUT2D eigenvalue weighted by atomic mass is 35.5. The summed E-state index contributed by atoms with van der Waals surface area (Å²) in [5.41, 5.74) is 2.49. The minimum atomic E-state index is -0.490. The van der Waals surface area contributed by atoms with Crippen LogP contribution >= 0.6 is 11.6 Å². The molecule has 0 saturated heterocycles. The predicted molar refractivity (Wildman–Crippen MR) is 108 cm³/mol. The number of hydrogen-bond donors (Lipinski definition) is 1. The molecule has 28 heavy (non-hydrogen) atoms. The molecule has 0 aliphatic rings. The quantitative estimate of drug-likeness (QED) is 0.251. The first-order valence-corrected chi connectivity index (χ1v) is 9.74. The number of halogens is 1. The fourth-order valence-electron chi connectivity index (χ4n) is 2.80. The molecule has 2 aromatic carbocycles. The monoisotopic (exact) mass is 404 g/mol. The Morgan fingerprint density at radius 2 is 1.68 bits per heavy atom. The lowest BCUT2D eigenvalue weighted by molar-refractivity contribution is -0.115. The molecule has 0 unspecified atom stereocenters. The van der Waals surface area contributed by atoms with Crippen molar-refractivity contribution < 1.29 is 24.2 Å². The van der Waals surface area contributed by atoms with E-state index < -0.39 is 5.24 Å². The maximum Gasteiger partial charge on any atom is 0.343 e. The number of ether oxygens (including phenoxy) is 2. The van der Waals surface area contributed by atoms with Gasteiger partial charge in [-0.2, -0.15) is 0 Å². The molecule has 5 nitrogen and oxygen atoms in total. The zero-order valence-electron chi connectivity index (χ0n) is 15.7. The van der Waals surface area contributed by atoms with Gasteiger partial charge in [0.05, 0.1) is 5.56 Å². The number of unbranched alkanes of at least 4 members (excludes halogenated alkanes) is 2. The Bertz CT molecular complexity index is 758. The third-order valence-electron chi connectivity index (χ3n) is 4.22. The van der Waals surface area contributed by atoms with Gasteiger partial charge >= 0.3 is 5.97 Å². The molecule has 0 heterocycles. The molecule has 2 aromatic rings. The Balaban J connectivity index is 1.84. The normalized spacial score (nSPS) is 10.6. The van der Waals surface area contributed by atoms with Crippen molar-refractivity contribution >= 4 is 22.8 Å². The number of hydrogen-bond acceptors (Lipinski definition) is 5. The number of benzene rings is 2. The molecule has 0 radical (unpaired) electrons. The van der Waals surface area contributed by atoms with E-state index in [1.165, 1.54) is 0 Å². The standard InChI is InChI=1S/C22H25ClO5/c23-21(25)16-27-15-5-1-2-6-18-7-3-4-8-20(18)22(26)28-19-11-9-17(10-12-19)13-14-24/h3-4,7-12,24H,1-2,5-6,13-16H2. The molecule has 0 bridgehead atoms. The molecule has 0 spiro atoms. The van der Waals surface area contributed by atoms with Crippen molar-refractivity contribution in [2.75, 3.05) is 19.8 Å². The summed E-state index contributed by atoms with van der Waals surface area (Å²) in [6, 6.07) is 14.6. The Morgan fingerprint density at radius 3 is 2.39 bits per heavy atom. The second-order valence-electron chi connectivity index (χ2n) is 6.38.